The number of ether oxygens (including phenoxy) is 1. The first-order chi connectivity index (χ1) is 6.95. The number of hydrogen-bond acceptors (Lipinski definition) is 3. The van der Waals surface area contributed by atoms with Gasteiger partial charge in [0, 0.05) is 26.1 Å². The molecule has 0 amide bonds. The van der Waals surface area contributed by atoms with Crippen LogP contribution in [0, 0.1) is 0 Å². The van der Waals surface area contributed by atoms with Crippen molar-refractivity contribution >= 4 is 5.84 Å². The molecule has 0 unspecified atom stereocenters. The van der Waals surface area contributed by atoms with Crippen molar-refractivity contribution in [1.82, 2.24) is 5.32 Å². The average Bonchev–Trinajstić information content (AvgIpc) is 2.58. The van der Waals surface area contributed by atoms with Crippen LogP contribution in [0.15, 0.2) is 4.99 Å². The van der Waals surface area contributed by atoms with E-state index in [4.69, 9.17) is 4.74 Å². The fraction of sp³-hybridized carbons (Fsp3) is 0.909. The lowest BCUT2D eigenvalue weighted by molar-refractivity contribution is 0.114. The van der Waals surface area contributed by atoms with Crippen molar-refractivity contribution in [3.8, 4) is 0 Å². The Morgan fingerprint density at radius 3 is 3.14 bits per heavy atom. The van der Waals surface area contributed by atoms with Crippen LogP contribution in [0.1, 0.15) is 38.5 Å². The molecule has 0 aliphatic carbocycles. The van der Waals surface area contributed by atoms with Gasteiger partial charge in [-0.25, -0.2) is 0 Å². The fourth-order valence-electron chi connectivity index (χ4n) is 2.06. The second kappa shape index (κ2) is 5.35. The Bertz CT molecular complexity index is 197. The van der Waals surface area contributed by atoms with Gasteiger partial charge in [-0.2, -0.15) is 0 Å². The maximum absolute atomic E-state index is 5.56. The summed E-state index contributed by atoms with van der Waals surface area (Å²) in [6.45, 7) is 2.91. The highest BCUT2D eigenvalue weighted by molar-refractivity contribution is 5.82. The van der Waals surface area contributed by atoms with E-state index in [2.05, 4.69) is 10.3 Å². The van der Waals surface area contributed by atoms with E-state index < -0.39 is 0 Å². The standard InChI is InChI=1S/C11H20N2O/c1-2-6-11(12-7-3-1)13-9-10-5-4-8-14-10/h10H,1-9H2,(H,12,13)/t10-/m0/s1. The van der Waals surface area contributed by atoms with E-state index in [1.54, 1.807) is 0 Å². The SMILES string of the molecule is C1CCN=C(NC[C@@H]2CCCO2)CC1. The van der Waals surface area contributed by atoms with Crippen LogP contribution in [0.25, 0.3) is 0 Å². The minimum Gasteiger partial charge on any atom is -0.376 e. The Hall–Kier alpha value is -0.570. The monoisotopic (exact) mass is 196 g/mol. The average molecular weight is 196 g/mol. The number of aliphatic imine (C=N–C) groups is 1. The van der Waals surface area contributed by atoms with Crippen LogP contribution in [-0.2, 0) is 4.74 Å². The number of amidine groups is 1. The van der Waals surface area contributed by atoms with Crippen molar-refractivity contribution in [3.05, 3.63) is 0 Å². The van der Waals surface area contributed by atoms with Gasteiger partial charge >= 0.3 is 0 Å². The van der Waals surface area contributed by atoms with Gasteiger partial charge in [-0.3, -0.25) is 4.99 Å². The van der Waals surface area contributed by atoms with E-state index in [9.17, 15) is 0 Å². The van der Waals surface area contributed by atoms with Crippen molar-refractivity contribution < 1.29 is 4.74 Å². The third-order valence-corrected chi connectivity index (χ3v) is 2.93. The predicted octanol–water partition coefficient (Wildman–Crippen LogP) is 1.73. The predicted molar refractivity (Wildman–Crippen MR) is 57.7 cm³/mol. The molecule has 1 fully saturated rings. The zero-order valence-electron chi connectivity index (χ0n) is 8.80. The maximum Gasteiger partial charge on any atom is 0.0963 e. The first kappa shape index (κ1) is 9.97. The minimum absolute atomic E-state index is 0.431. The van der Waals surface area contributed by atoms with Crippen LogP contribution < -0.4 is 5.32 Å². The molecule has 1 N–H and O–H groups in total. The summed E-state index contributed by atoms with van der Waals surface area (Å²) in [6, 6.07) is 0. The number of nitrogens with one attached hydrogen (secondary N) is 1. The van der Waals surface area contributed by atoms with Gasteiger partial charge < -0.3 is 10.1 Å². The van der Waals surface area contributed by atoms with Gasteiger partial charge in [-0.05, 0) is 25.7 Å². The van der Waals surface area contributed by atoms with Crippen molar-refractivity contribution in [2.75, 3.05) is 19.7 Å². The van der Waals surface area contributed by atoms with Crippen molar-refractivity contribution in [2.45, 2.75) is 44.6 Å². The van der Waals surface area contributed by atoms with Crippen LogP contribution >= 0.6 is 0 Å². The third-order valence-electron chi connectivity index (χ3n) is 2.93. The lowest BCUT2D eigenvalue weighted by Gasteiger charge is -2.12. The first-order valence-electron chi connectivity index (χ1n) is 5.84. The van der Waals surface area contributed by atoms with Crippen LogP contribution in [-0.4, -0.2) is 31.6 Å². The Labute approximate surface area is 85.9 Å². The summed E-state index contributed by atoms with van der Waals surface area (Å²) in [6.07, 6.45) is 7.86. The van der Waals surface area contributed by atoms with Gasteiger partial charge in [0.1, 0.15) is 0 Å². The van der Waals surface area contributed by atoms with E-state index in [1.807, 2.05) is 0 Å². The summed E-state index contributed by atoms with van der Waals surface area (Å²) in [7, 11) is 0. The lowest BCUT2D eigenvalue weighted by Crippen LogP contribution is -2.31. The highest BCUT2D eigenvalue weighted by atomic mass is 16.5. The molecule has 0 saturated carbocycles. The van der Waals surface area contributed by atoms with Gasteiger partial charge in [0.2, 0.25) is 0 Å². The summed E-state index contributed by atoms with van der Waals surface area (Å²) in [5.74, 6) is 1.21. The van der Waals surface area contributed by atoms with Gasteiger partial charge in [-0.15, -0.1) is 0 Å². The number of hydrogen-bond donors (Lipinski definition) is 1. The smallest absolute Gasteiger partial charge is 0.0963 e. The molecule has 2 rings (SSSR count). The Morgan fingerprint density at radius 2 is 2.29 bits per heavy atom. The van der Waals surface area contributed by atoms with Crippen molar-refractivity contribution in [1.29, 1.82) is 0 Å². The highest BCUT2D eigenvalue weighted by Crippen LogP contribution is 2.11. The minimum atomic E-state index is 0.431. The van der Waals surface area contributed by atoms with Crippen LogP contribution in [0.2, 0.25) is 0 Å². The Morgan fingerprint density at radius 1 is 1.29 bits per heavy atom. The molecule has 80 valence electrons. The van der Waals surface area contributed by atoms with Crippen molar-refractivity contribution in [3.63, 3.8) is 0 Å². The molecule has 2 aliphatic rings. The van der Waals surface area contributed by atoms with Crippen LogP contribution in [0.3, 0.4) is 0 Å². The molecule has 0 aromatic rings. The molecule has 1 saturated heterocycles. The van der Waals surface area contributed by atoms with Gasteiger partial charge in [-0.1, -0.05) is 6.42 Å². The normalized spacial score (nSPS) is 28.3. The maximum atomic E-state index is 5.56. The Balaban J connectivity index is 1.70. The fourth-order valence-corrected chi connectivity index (χ4v) is 2.06. The topological polar surface area (TPSA) is 33.6 Å². The zero-order valence-corrected chi connectivity index (χ0v) is 8.80. The molecule has 0 bridgehead atoms. The number of rotatable bonds is 2. The summed E-state index contributed by atoms with van der Waals surface area (Å²) in [5.41, 5.74) is 0. The second-order valence-electron chi connectivity index (χ2n) is 4.16. The summed E-state index contributed by atoms with van der Waals surface area (Å²) >= 11 is 0. The first-order valence-corrected chi connectivity index (χ1v) is 5.84. The summed E-state index contributed by atoms with van der Waals surface area (Å²) in [4.78, 5) is 4.53. The van der Waals surface area contributed by atoms with E-state index in [0.717, 1.165) is 26.1 Å². The second-order valence-corrected chi connectivity index (χ2v) is 4.16. The zero-order chi connectivity index (χ0) is 9.64. The molecule has 0 aromatic carbocycles. The van der Waals surface area contributed by atoms with Crippen LogP contribution in [0.4, 0.5) is 0 Å². The van der Waals surface area contributed by atoms with Gasteiger partial charge in [0.25, 0.3) is 0 Å². The van der Waals surface area contributed by atoms with E-state index in [0.29, 0.717) is 6.10 Å². The molecule has 3 heteroatoms. The molecule has 3 nitrogen and oxygen atoms in total. The lowest BCUT2D eigenvalue weighted by atomic mass is 10.2. The highest BCUT2D eigenvalue weighted by Gasteiger charge is 2.15. The number of nitrogens with zero attached hydrogens (tertiary/aromatic N) is 1. The quantitative estimate of drug-likeness (QED) is 0.729. The molecule has 14 heavy (non-hydrogen) atoms. The van der Waals surface area contributed by atoms with Crippen LogP contribution in [0.5, 0.6) is 0 Å². The molecule has 0 aromatic heterocycles. The van der Waals surface area contributed by atoms with E-state index in [1.165, 1.54) is 37.9 Å². The molecule has 1 atom stereocenters. The molecule has 0 spiro atoms. The summed E-state index contributed by atoms with van der Waals surface area (Å²) in [5, 5.41) is 3.43. The molecular weight excluding hydrogens is 176 g/mol. The third kappa shape index (κ3) is 2.98. The van der Waals surface area contributed by atoms with Gasteiger partial charge in [0.05, 0.1) is 11.9 Å². The van der Waals surface area contributed by atoms with E-state index >= 15 is 0 Å². The largest absolute Gasteiger partial charge is 0.376 e. The van der Waals surface area contributed by atoms with Crippen molar-refractivity contribution in [2.24, 2.45) is 4.99 Å². The molecule has 0 radical (unpaired) electrons. The molecular formula is C11H20N2O. The Kier molecular flexibility index (Phi) is 3.80. The molecule has 2 aliphatic heterocycles. The summed E-state index contributed by atoms with van der Waals surface area (Å²) < 4.78 is 5.56. The molecule has 2 heterocycles. The van der Waals surface area contributed by atoms with E-state index in [-0.39, 0.29) is 0 Å². The van der Waals surface area contributed by atoms with Gasteiger partial charge in [0.15, 0.2) is 0 Å².